The Bertz CT molecular complexity index is 460. The van der Waals surface area contributed by atoms with E-state index in [-0.39, 0.29) is 30.2 Å². The highest BCUT2D eigenvalue weighted by atomic mass is 16.2. The van der Waals surface area contributed by atoms with Crippen molar-refractivity contribution in [3.63, 3.8) is 0 Å². The molecule has 104 valence electrons. The number of hydrogen-bond acceptors (Lipinski definition) is 2. The standard InChI is InChI=1S/C15H22N2O2/c1-3-4-11(2)16-14(18)10-17-8-7-13(9-17)15(19)12-5-6-12/h7-9,11-12H,3-6,10H2,1-2H3,(H,16,18). The normalized spacial score (nSPS) is 16.1. The van der Waals surface area contributed by atoms with Crippen molar-refractivity contribution in [2.24, 2.45) is 5.92 Å². The van der Waals surface area contributed by atoms with Crippen LogP contribution in [0.4, 0.5) is 0 Å². The molecular weight excluding hydrogens is 240 g/mol. The van der Waals surface area contributed by atoms with Crippen molar-refractivity contribution in [3.05, 3.63) is 24.0 Å². The van der Waals surface area contributed by atoms with E-state index < -0.39 is 0 Å². The summed E-state index contributed by atoms with van der Waals surface area (Å²) in [6.07, 6.45) is 7.66. The second kappa shape index (κ2) is 6.04. The van der Waals surface area contributed by atoms with Gasteiger partial charge >= 0.3 is 0 Å². The maximum Gasteiger partial charge on any atom is 0.240 e. The summed E-state index contributed by atoms with van der Waals surface area (Å²) in [5, 5.41) is 2.96. The first-order valence-corrected chi connectivity index (χ1v) is 7.09. The van der Waals surface area contributed by atoms with Crippen molar-refractivity contribution in [2.75, 3.05) is 0 Å². The highest BCUT2D eigenvalue weighted by Gasteiger charge is 2.30. The van der Waals surface area contributed by atoms with Crippen LogP contribution in [0.25, 0.3) is 0 Å². The second-order valence-electron chi connectivity index (χ2n) is 5.47. The van der Waals surface area contributed by atoms with E-state index in [1.807, 2.05) is 13.0 Å². The number of nitrogens with one attached hydrogen (secondary N) is 1. The van der Waals surface area contributed by atoms with Gasteiger partial charge in [0.25, 0.3) is 0 Å². The molecular formula is C15H22N2O2. The number of hydrogen-bond donors (Lipinski definition) is 1. The van der Waals surface area contributed by atoms with Crippen molar-refractivity contribution in [1.82, 2.24) is 9.88 Å². The minimum Gasteiger partial charge on any atom is -0.352 e. The fourth-order valence-electron chi connectivity index (χ4n) is 2.26. The quantitative estimate of drug-likeness (QED) is 0.767. The van der Waals surface area contributed by atoms with Gasteiger partial charge in [0.1, 0.15) is 6.54 Å². The van der Waals surface area contributed by atoms with E-state index in [1.54, 1.807) is 17.0 Å². The van der Waals surface area contributed by atoms with Crippen LogP contribution in [-0.4, -0.2) is 22.3 Å². The summed E-state index contributed by atoms with van der Waals surface area (Å²) < 4.78 is 1.78. The van der Waals surface area contributed by atoms with Crippen LogP contribution in [0.5, 0.6) is 0 Å². The van der Waals surface area contributed by atoms with E-state index in [4.69, 9.17) is 0 Å². The summed E-state index contributed by atoms with van der Waals surface area (Å²) >= 11 is 0. The Morgan fingerprint density at radius 2 is 2.21 bits per heavy atom. The third-order valence-electron chi connectivity index (χ3n) is 3.44. The predicted octanol–water partition coefficient (Wildman–Crippen LogP) is 2.39. The van der Waals surface area contributed by atoms with Crippen LogP contribution in [0.1, 0.15) is 49.9 Å². The maximum atomic E-state index is 11.9. The molecule has 1 aliphatic carbocycles. The van der Waals surface area contributed by atoms with Crippen molar-refractivity contribution in [1.29, 1.82) is 0 Å². The van der Waals surface area contributed by atoms with Crippen molar-refractivity contribution in [2.45, 2.75) is 52.1 Å². The first-order valence-electron chi connectivity index (χ1n) is 7.09. The third-order valence-corrected chi connectivity index (χ3v) is 3.44. The second-order valence-corrected chi connectivity index (χ2v) is 5.47. The van der Waals surface area contributed by atoms with Crippen LogP contribution < -0.4 is 5.32 Å². The highest BCUT2D eigenvalue weighted by molar-refractivity contribution is 5.99. The highest BCUT2D eigenvalue weighted by Crippen LogP contribution is 2.32. The summed E-state index contributed by atoms with van der Waals surface area (Å²) in [6.45, 7) is 4.40. The van der Waals surface area contributed by atoms with Gasteiger partial charge in [0.15, 0.2) is 5.78 Å². The molecule has 19 heavy (non-hydrogen) atoms. The number of aromatic nitrogens is 1. The van der Waals surface area contributed by atoms with Crippen LogP contribution in [-0.2, 0) is 11.3 Å². The molecule has 1 heterocycles. The zero-order chi connectivity index (χ0) is 13.8. The molecule has 4 nitrogen and oxygen atoms in total. The molecule has 1 amide bonds. The van der Waals surface area contributed by atoms with E-state index >= 15 is 0 Å². The molecule has 1 aliphatic rings. The van der Waals surface area contributed by atoms with Gasteiger partial charge < -0.3 is 9.88 Å². The zero-order valence-corrected chi connectivity index (χ0v) is 11.7. The van der Waals surface area contributed by atoms with E-state index in [2.05, 4.69) is 12.2 Å². The molecule has 0 radical (unpaired) electrons. The lowest BCUT2D eigenvalue weighted by atomic mass is 10.1. The maximum absolute atomic E-state index is 11.9. The Balaban J connectivity index is 1.85. The molecule has 1 atom stereocenters. The van der Waals surface area contributed by atoms with Crippen molar-refractivity contribution < 1.29 is 9.59 Å². The van der Waals surface area contributed by atoms with E-state index in [9.17, 15) is 9.59 Å². The smallest absolute Gasteiger partial charge is 0.240 e. The first-order chi connectivity index (χ1) is 9.10. The van der Waals surface area contributed by atoms with Crippen LogP contribution >= 0.6 is 0 Å². The number of amides is 1. The molecule has 0 bridgehead atoms. The first kappa shape index (κ1) is 13.8. The van der Waals surface area contributed by atoms with Gasteiger partial charge in [-0.15, -0.1) is 0 Å². The number of carbonyl (C=O) groups excluding carboxylic acids is 2. The molecule has 1 aromatic heterocycles. The molecule has 0 saturated heterocycles. The molecule has 1 aromatic rings. The predicted molar refractivity (Wildman–Crippen MR) is 74.0 cm³/mol. The number of ketones is 1. The monoisotopic (exact) mass is 262 g/mol. The largest absolute Gasteiger partial charge is 0.352 e. The topological polar surface area (TPSA) is 51.1 Å². The number of nitrogens with zero attached hydrogens (tertiary/aromatic N) is 1. The average molecular weight is 262 g/mol. The molecule has 0 aliphatic heterocycles. The van der Waals surface area contributed by atoms with Gasteiger partial charge in [-0.2, -0.15) is 0 Å². The molecule has 4 heteroatoms. The Kier molecular flexibility index (Phi) is 4.40. The molecule has 0 spiro atoms. The lowest BCUT2D eigenvalue weighted by Crippen LogP contribution is -2.34. The lowest BCUT2D eigenvalue weighted by Gasteiger charge is -2.12. The molecule has 1 fully saturated rings. The Hall–Kier alpha value is -1.58. The number of rotatable bonds is 7. The molecule has 1 unspecified atom stereocenters. The Morgan fingerprint density at radius 1 is 1.47 bits per heavy atom. The van der Waals surface area contributed by atoms with Gasteiger partial charge in [-0.3, -0.25) is 9.59 Å². The van der Waals surface area contributed by atoms with Gasteiger partial charge in [-0.25, -0.2) is 0 Å². The van der Waals surface area contributed by atoms with Gasteiger partial charge in [0, 0.05) is 29.9 Å². The summed E-state index contributed by atoms with van der Waals surface area (Å²) in [5.74, 6) is 0.453. The Labute approximate surface area is 114 Å². The molecule has 1 N–H and O–H groups in total. The lowest BCUT2D eigenvalue weighted by molar-refractivity contribution is -0.122. The number of carbonyl (C=O) groups is 2. The van der Waals surface area contributed by atoms with Gasteiger partial charge in [-0.05, 0) is 32.3 Å². The fraction of sp³-hybridized carbons (Fsp3) is 0.600. The van der Waals surface area contributed by atoms with Crippen LogP contribution in [0, 0.1) is 5.92 Å². The number of Topliss-reactive ketones (excluding diaryl/α,β-unsaturated/α-hetero) is 1. The molecule has 2 rings (SSSR count). The summed E-state index contributed by atoms with van der Waals surface area (Å²) in [4.78, 5) is 23.7. The van der Waals surface area contributed by atoms with Crippen LogP contribution in [0.2, 0.25) is 0 Å². The third kappa shape index (κ3) is 3.94. The summed E-state index contributed by atoms with van der Waals surface area (Å²) in [6, 6.07) is 2.02. The van der Waals surface area contributed by atoms with E-state index in [0.29, 0.717) is 0 Å². The molecule has 1 saturated carbocycles. The van der Waals surface area contributed by atoms with Crippen LogP contribution in [0.3, 0.4) is 0 Å². The average Bonchev–Trinajstić information content (AvgIpc) is 3.09. The zero-order valence-electron chi connectivity index (χ0n) is 11.7. The SMILES string of the molecule is CCCC(C)NC(=O)Cn1ccc(C(=O)C2CC2)c1. The summed E-state index contributed by atoms with van der Waals surface area (Å²) in [5.41, 5.74) is 0.733. The minimum atomic E-state index is 0.00182. The van der Waals surface area contributed by atoms with E-state index in [1.165, 1.54) is 0 Å². The van der Waals surface area contributed by atoms with Crippen molar-refractivity contribution in [3.8, 4) is 0 Å². The van der Waals surface area contributed by atoms with E-state index in [0.717, 1.165) is 31.2 Å². The van der Waals surface area contributed by atoms with Gasteiger partial charge in [0.2, 0.25) is 5.91 Å². The Morgan fingerprint density at radius 3 is 2.84 bits per heavy atom. The fourth-order valence-corrected chi connectivity index (χ4v) is 2.26. The van der Waals surface area contributed by atoms with Crippen molar-refractivity contribution >= 4 is 11.7 Å². The van der Waals surface area contributed by atoms with Gasteiger partial charge in [-0.1, -0.05) is 13.3 Å². The molecule has 0 aromatic carbocycles. The van der Waals surface area contributed by atoms with Gasteiger partial charge in [0.05, 0.1) is 0 Å². The van der Waals surface area contributed by atoms with Crippen LogP contribution in [0.15, 0.2) is 18.5 Å². The minimum absolute atomic E-state index is 0.00182. The summed E-state index contributed by atoms with van der Waals surface area (Å²) in [7, 11) is 0.